The Morgan fingerprint density at radius 3 is 2.76 bits per heavy atom. The van der Waals surface area contributed by atoms with Gasteiger partial charge in [0.2, 0.25) is 0 Å². The van der Waals surface area contributed by atoms with Crippen molar-refractivity contribution in [1.29, 1.82) is 0 Å². The number of nitrogens with zero attached hydrogens (tertiary/aromatic N) is 3. The van der Waals surface area contributed by atoms with Crippen molar-refractivity contribution in [2.45, 2.75) is 18.3 Å². The Morgan fingerprint density at radius 2 is 2.16 bits per heavy atom. The van der Waals surface area contributed by atoms with E-state index in [2.05, 4.69) is 15.4 Å². The molecule has 0 aliphatic carbocycles. The fraction of sp³-hybridized carbons (Fsp3) is 0.400. The third kappa shape index (κ3) is 4.08. The first-order valence-corrected chi connectivity index (χ1v) is 7.40. The molecular weight excluding hydrogens is 341 g/mol. The van der Waals surface area contributed by atoms with Crippen LogP contribution in [0.3, 0.4) is 0 Å². The van der Waals surface area contributed by atoms with E-state index in [1.807, 2.05) is 0 Å². The van der Waals surface area contributed by atoms with Crippen LogP contribution in [0.15, 0.2) is 30.7 Å². The zero-order valence-electron chi connectivity index (χ0n) is 13.2. The number of pyridine rings is 1. The minimum atomic E-state index is -4.54. The summed E-state index contributed by atoms with van der Waals surface area (Å²) < 4.78 is 50.1. The van der Waals surface area contributed by atoms with Crippen molar-refractivity contribution >= 4 is 5.91 Å². The molecule has 1 N–H and O–H groups in total. The summed E-state index contributed by atoms with van der Waals surface area (Å²) >= 11 is 0. The zero-order valence-corrected chi connectivity index (χ0v) is 13.2. The molecule has 1 amide bonds. The van der Waals surface area contributed by atoms with Gasteiger partial charge in [0.1, 0.15) is 11.8 Å². The Morgan fingerprint density at radius 1 is 1.36 bits per heavy atom. The number of carbonyl (C=O) groups excluding carboxylic acids is 1. The van der Waals surface area contributed by atoms with Crippen molar-refractivity contribution in [3.8, 4) is 5.75 Å². The van der Waals surface area contributed by atoms with Gasteiger partial charge in [-0.15, -0.1) is 0 Å². The van der Waals surface area contributed by atoms with E-state index >= 15 is 0 Å². The van der Waals surface area contributed by atoms with Crippen molar-refractivity contribution in [3.05, 3.63) is 42.0 Å². The fourth-order valence-corrected chi connectivity index (χ4v) is 2.37. The largest absolute Gasteiger partial charge is 0.482 e. The quantitative estimate of drug-likeness (QED) is 0.896. The number of aryl methyl sites for hydroxylation is 1. The van der Waals surface area contributed by atoms with E-state index in [0.29, 0.717) is 5.75 Å². The highest BCUT2D eigenvalue weighted by atomic mass is 19.4. The van der Waals surface area contributed by atoms with Crippen LogP contribution >= 0.6 is 0 Å². The number of halogens is 3. The Balaban J connectivity index is 1.63. The first kappa shape index (κ1) is 17.2. The summed E-state index contributed by atoms with van der Waals surface area (Å²) in [5.74, 6) is -0.00930. The molecule has 0 aromatic carbocycles. The average Bonchev–Trinajstić information content (AvgIpc) is 3.16. The lowest BCUT2D eigenvalue weighted by atomic mass is 10.2. The second-order valence-electron chi connectivity index (χ2n) is 5.55. The summed E-state index contributed by atoms with van der Waals surface area (Å²) in [6.45, 7) is 0.524. The summed E-state index contributed by atoms with van der Waals surface area (Å²) in [5.41, 5.74) is -1.02. The van der Waals surface area contributed by atoms with E-state index in [9.17, 15) is 18.0 Å². The van der Waals surface area contributed by atoms with Crippen molar-refractivity contribution in [2.24, 2.45) is 7.05 Å². The maximum absolute atomic E-state index is 12.5. The highest BCUT2D eigenvalue weighted by molar-refractivity contribution is 5.94. The number of hydrogen-bond acceptors (Lipinski definition) is 5. The number of amides is 1. The van der Waals surface area contributed by atoms with Crippen LogP contribution in [-0.4, -0.2) is 46.0 Å². The molecule has 3 rings (SSSR count). The van der Waals surface area contributed by atoms with E-state index in [1.165, 1.54) is 6.20 Å². The highest BCUT2D eigenvalue weighted by Crippen LogP contribution is 2.27. The lowest BCUT2D eigenvalue weighted by Gasteiger charge is -2.19. The number of rotatable bonds is 4. The van der Waals surface area contributed by atoms with Gasteiger partial charge >= 0.3 is 6.18 Å². The topological polar surface area (TPSA) is 78.3 Å². The van der Waals surface area contributed by atoms with Gasteiger partial charge in [-0.05, 0) is 12.1 Å². The highest BCUT2D eigenvalue weighted by Gasteiger charge is 2.34. The summed E-state index contributed by atoms with van der Waals surface area (Å²) in [7, 11) is 1.74. The summed E-state index contributed by atoms with van der Waals surface area (Å²) in [6, 6.07) is 1.41. The van der Waals surface area contributed by atoms with Gasteiger partial charge in [-0.25, -0.2) is 0 Å². The van der Waals surface area contributed by atoms with E-state index in [1.54, 1.807) is 17.9 Å². The van der Waals surface area contributed by atoms with Crippen LogP contribution in [0.2, 0.25) is 0 Å². The molecule has 25 heavy (non-hydrogen) atoms. The van der Waals surface area contributed by atoms with Gasteiger partial charge < -0.3 is 14.8 Å². The van der Waals surface area contributed by atoms with Gasteiger partial charge in [-0.2, -0.15) is 18.3 Å². The number of aromatic nitrogens is 3. The third-order valence-corrected chi connectivity index (χ3v) is 3.63. The molecule has 1 fully saturated rings. The number of ether oxygens (including phenoxy) is 2. The second-order valence-corrected chi connectivity index (χ2v) is 5.55. The molecule has 0 radical (unpaired) electrons. The molecule has 0 saturated carbocycles. The molecule has 134 valence electrons. The Hall–Kier alpha value is -2.62. The predicted octanol–water partition coefficient (Wildman–Crippen LogP) is 1.41. The van der Waals surface area contributed by atoms with E-state index in [0.717, 1.165) is 18.3 Å². The fourth-order valence-electron chi connectivity index (χ4n) is 2.37. The van der Waals surface area contributed by atoms with Gasteiger partial charge in [-0.1, -0.05) is 0 Å². The van der Waals surface area contributed by atoms with Crippen LogP contribution < -0.4 is 10.1 Å². The molecule has 1 saturated heterocycles. The second kappa shape index (κ2) is 6.71. The van der Waals surface area contributed by atoms with E-state index in [4.69, 9.17) is 9.47 Å². The van der Waals surface area contributed by atoms with Crippen LogP contribution in [0, 0.1) is 0 Å². The van der Waals surface area contributed by atoms with Crippen LogP contribution in [0.25, 0.3) is 0 Å². The van der Waals surface area contributed by atoms with E-state index < -0.39 is 29.9 Å². The molecule has 0 spiro atoms. The van der Waals surface area contributed by atoms with E-state index in [-0.39, 0.29) is 18.8 Å². The van der Waals surface area contributed by atoms with Gasteiger partial charge in [0.15, 0.2) is 5.75 Å². The van der Waals surface area contributed by atoms with Crippen LogP contribution in [0.5, 0.6) is 5.75 Å². The maximum Gasteiger partial charge on any atom is 0.433 e. The molecule has 1 aliphatic heterocycles. The number of hydrogen-bond donors (Lipinski definition) is 1. The van der Waals surface area contributed by atoms with Crippen molar-refractivity contribution in [3.63, 3.8) is 0 Å². The van der Waals surface area contributed by atoms with Crippen LogP contribution in [0.4, 0.5) is 13.2 Å². The standard InChI is InChI=1S/C15H15F3N4O3/c1-22-6-10(5-20-22)25-12-8-24-7-11(12)21-14(23)9-2-3-13(19-4-9)15(16,17)18/h2-6,11-12H,7-8H2,1H3,(H,21,23)/t11-,12+/m0/s1. The van der Waals surface area contributed by atoms with Gasteiger partial charge in [0, 0.05) is 13.2 Å². The SMILES string of the molecule is Cn1cc(O[C@@H]2COC[C@@H]2NC(=O)c2ccc(C(F)(F)F)nc2)cn1. The first-order chi connectivity index (χ1) is 11.8. The molecule has 2 atom stereocenters. The maximum atomic E-state index is 12.5. The number of nitrogens with one attached hydrogen (secondary N) is 1. The Kier molecular flexibility index (Phi) is 4.62. The molecule has 7 nitrogen and oxygen atoms in total. The Labute approximate surface area is 140 Å². The monoisotopic (exact) mass is 356 g/mol. The number of carbonyl (C=O) groups is 1. The molecule has 2 aromatic heterocycles. The molecule has 3 heterocycles. The number of alkyl halides is 3. The molecule has 2 aromatic rings. The third-order valence-electron chi connectivity index (χ3n) is 3.63. The van der Waals surface area contributed by atoms with Gasteiger partial charge in [0.25, 0.3) is 5.91 Å². The molecule has 1 aliphatic rings. The smallest absolute Gasteiger partial charge is 0.433 e. The molecule has 0 unspecified atom stereocenters. The average molecular weight is 356 g/mol. The van der Waals surface area contributed by atoms with Crippen LogP contribution in [0.1, 0.15) is 16.1 Å². The summed E-state index contributed by atoms with van der Waals surface area (Å²) in [4.78, 5) is 15.5. The minimum Gasteiger partial charge on any atom is -0.482 e. The predicted molar refractivity (Wildman–Crippen MR) is 78.9 cm³/mol. The summed E-state index contributed by atoms with van der Waals surface area (Å²) in [5, 5.41) is 6.68. The van der Waals surface area contributed by atoms with Gasteiger partial charge in [0.05, 0.1) is 37.2 Å². The van der Waals surface area contributed by atoms with Gasteiger partial charge in [-0.3, -0.25) is 14.5 Å². The normalized spacial score (nSPS) is 20.5. The molecule has 0 bridgehead atoms. The first-order valence-electron chi connectivity index (χ1n) is 7.40. The molecule has 10 heteroatoms. The van der Waals surface area contributed by atoms with Crippen molar-refractivity contribution in [1.82, 2.24) is 20.1 Å². The van der Waals surface area contributed by atoms with Crippen LogP contribution in [-0.2, 0) is 18.0 Å². The lowest BCUT2D eigenvalue weighted by Crippen LogP contribution is -2.45. The zero-order chi connectivity index (χ0) is 18.0. The summed E-state index contributed by atoms with van der Waals surface area (Å²) in [6.07, 6.45) is -0.855. The minimum absolute atomic E-state index is 0.0278. The van der Waals surface area contributed by atoms with Crippen molar-refractivity contribution in [2.75, 3.05) is 13.2 Å². The molecular formula is C15H15F3N4O3. The lowest BCUT2D eigenvalue weighted by molar-refractivity contribution is -0.141. The Bertz CT molecular complexity index is 745. The van der Waals surface area contributed by atoms with Crippen molar-refractivity contribution < 1.29 is 27.4 Å².